The fourth-order valence-electron chi connectivity index (χ4n) is 2.70. The van der Waals surface area contributed by atoms with E-state index >= 15 is 0 Å². The highest BCUT2D eigenvalue weighted by Gasteiger charge is 2.24. The number of halogens is 1. The molecule has 19 heavy (non-hydrogen) atoms. The topological polar surface area (TPSA) is 81.1 Å². The number of carbonyl (C=O) groups excluding carboxylic acids is 1. The zero-order valence-corrected chi connectivity index (χ0v) is 10.9. The van der Waals surface area contributed by atoms with Gasteiger partial charge in [-0.05, 0) is 43.5 Å². The molecule has 2 unspecified atom stereocenters. The maximum absolute atomic E-state index is 13.4. The molecule has 1 aliphatic rings. The Balaban J connectivity index is 2.14. The quantitative estimate of drug-likeness (QED) is 0.777. The molecule has 0 aliphatic heterocycles. The van der Waals surface area contributed by atoms with E-state index in [1.165, 1.54) is 18.6 Å². The Labute approximate surface area is 112 Å². The Kier molecular flexibility index (Phi) is 4.37. The molecule has 0 saturated heterocycles. The predicted molar refractivity (Wildman–Crippen MR) is 73.3 cm³/mol. The molecule has 1 aromatic rings. The van der Waals surface area contributed by atoms with Crippen LogP contribution in [0.3, 0.4) is 0 Å². The number of anilines is 1. The summed E-state index contributed by atoms with van der Waals surface area (Å²) in [6.07, 6.45) is 4.53. The molecule has 1 amide bonds. The van der Waals surface area contributed by atoms with Gasteiger partial charge in [-0.2, -0.15) is 0 Å². The molecule has 1 saturated carbocycles. The van der Waals surface area contributed by atoms with E-state index in [2.05, 4.69) is 5.32 Å². The average Bonchev–Trinajstić information content (AvgIpc) is 2.41. The van der Waals surface area contributed by atoms with Crippen LogP contribution in [0.5, 0.6) is 0 Å². The third-order valence-electron chi connectivity index (χ3n) is 3.80. The smallest absolute Gasteiger partial charge is 0.251 e. The fourth-order valence-corrected chi connectivity index (χ4v) is 2.70. The van der Waals surface area contributed by atoms with Crippen molar-refractivity contribution in [2.24, 2.45) is 17.4 Å². The number of rotatable bonds is 4. The molecule has 2 atom stereocenters. The van der Waals surface area contributed by atoms with Crippen molar-refractivity contribution in [2.45, 2.75) is 31.7 Å². The highest BCUT2D eigenvalue weighted by atomic mass is 19.1. The first-order valence-electron chi connectivity index (χ1n) is 6.67. The van der Waals surface area contributed by atoms with Crippen LogP contribution in [0, 0.1) is 11.7 Å². The van der Waals surface area contributed by atoms with Crippen molar-refractivity contribution >= 4 is 11.6 Å². The molecule has 0 heterocycles. The van der Waals surface area contributed by atoms with E-state index in [1.807, 2.05) is 0 Å². The summed E-state index contributed by atoms with van der Waals surface area (Å²) in [4.78, 5) is 11.1. The van der Waals surface area contributed by atoms with Crippen molar-refractivity contribution in [3.05, 3.63) is 29.6 Å². The number of nitrogens with two attached hydrogens (primary N) is 2. The molecule has 1 aromatic carbocycles. The molecule has 0 bridgehead atoms. The Hall–Kier alpha value is -1.62. The van der Waals surface area contributed by atoms with Crippen molar-refractivity contribution in [1.29, 1.82) is 0 Å². The number of hydrogen-bond acceptors (Lipinski definition) is 3. The normalized spacial score (nSPS) is 23.1. The highest BCUT2D eigenvalue weighted by Crippen LogP contribution is 2.27. The monoisotopic (exact) mass is 265 g/mol. The van der Waals surface area contributed by atoms with E-state index in [-0.39, 0.29) is 11.6 Å². The summed E-state index contributed by atoms with van der Waals surface area (Å²) in [5.74, 6) is -0.909. The van der Waals surface area contributed by atoms with Gasteiger partial charge in [0, 0.05) is 11.7 Å². The van der Waals surface area contributed by atoms with Gasteiger partial charge in [0.1, 0.15) is 5.82 Å². The molecule has 1 aliphatic carbocycles. The summed E-state index contributed by atoms with van der Waals surface area (Å²) in [6.45, 7) is 0.640. The first-order valence-corrected chi connectivity index (χ1v) is 6.67. The van der Waals surface area contributed by atoms with Gasteiger partial charge in [0.25, 0.3) is 5.91 Å². The van der Waals surface area contributed by atoms with Gasteiger partial charge < -0.3 is 16.8 Å². The Bertz CT molecular complexity index is 464. The molecule has 0 spiro atoms. The second-order valence-corrected chi connectivity index (χ2v) is 5.09. The zero-order chi connectivity index (χ0) is 13.8. The summed E-state index contributed by atoms with van der Waals surface area (Å²) in [7, 11) is 0. The van der Waals surface area contributed by atoms with E-state index < -0.39 is 11.7 Å². The first kappa shape index (κ1) is 13.8. The van der Waals surface area contributed by atoms with Crippen LogP contribution in [0.4, 0.5) is 10.1 Å². The minimum absolute atomic E-state index is 0.0786. The molecule has 2 rings (SSSR count). The lowest BCUT2D eigenvalue weighted by Gasteiger charge is -2.32. The lowest BCUT2D eigenvalue weighted by Crippen LogP contribution is -2.36. The molecule has 4 nitrogen and oxygen atoms in total. The Morgan fingerprint density at radius 1 is 1.37 bits per heavy atom. The third-order valence-corrected chi connectivity index (χ3v) is 3.80. The van der Waals surface area contributed by atoms with Crippen molar-refractivity contribution in [3.63, 3.8) is 0 Å². The van der Waals surface area contributed by atoms with Crippen LogP contribution in [0.2, 0.25) is 0 Å². The molecule has 5 N–H and O–H groups in total. The van der Waals surface area contributed by atoms with Crippen LogP contribution in [-0.2, 0) is 0 Å². The van der Waals surface area contributed by atoms with E-state index in [9.17, 15) is 9.18 Å². The molecular weight excluding hydrogens is 245 g/mol. The SMILES string of the molecule is NCC1CCCCC1Nc1ccc(F)c(C(N)=O)c1. The Morgan fingerprint density at radius 3 is 2.79 bits per heavy atom. The lowest BCUT2D eigenvalue weighted by atomic mass is 9.84. The molecular formula is C14H20FN3O. The summed E-state index contributed by atoms with van der Waals surface area (Å²) in [5, 5.41) is 3.35. The van der Waals surface area contributed by atoms with Crippen molar-refractivity contribution in [2.75, 3.05) is 11.9 Å². The number of primary amides is 1. The minimum Gasteiger partial charge on any atom is -0.382 e. The van der Waals surface area contributed by atoms with Crippen LogP contribution in [0.15, 0.2) is 18.2 Å². The number of amides is 1. The van der Waals surface area contributed by atoms with Gasteiger partial charge in [-0.1, -0.05) is 12.8 Å². The maximum atomic E-state index is 13.4. The van der Waals surface area contributed by atoms with E-state index in [0.29, 0.717) is 12.5 Å². The average molecular weight is 265 g/mol. The summed E-state index contributed by atoms with van der Waals surface area (Å²) >= 11 is 0. The molecule has 104 valence electrons. The van der Waals surface area contributed by atoms with E-state index in [4.69, 9.17) is 11.5 Å². The van der Waals surface area contributed by atoms with Crippen LogP contribution >= 0.6 is 0 Å². The third kappa shape index (κ3) is 3.23. The van der Waals surface area contributed by atoms with Gasteiger partial charge in [-0.25, -0.2) is 4.39 Å². The van der Waals surface area contributed by atoms with Gasteiger partial charge in [-0.15, -0.1) is 0 Å². The second kappa shape index (κ2) is 6.02. The van der Waals surface area contributed by atoms with Gasteiger partial charge in [-0.3, -0.25) is 4.79 Å². The molecule has 0 radical (unpaired) electrons. The van der Waals surface area contributed by atoms with Gasteiger partial charge in [0.05, 0.1) is 5.56 Å². The standard InChI is InChI=1S/C14H20FN3O/c15-12-6-5-10(7-11(12)14(17)19)18-13-4-2-1-3-9(13)8-16/h5-7,9,13,18H,1-4,8,16H2,(H2,17,19). The van der Waals surface area contributed by atoms with Crippen LogP contribution < -0.4 is 16.8 Å². The van der Waals surface area contributed by atoms with Crippen molar-refractivity contribution in [1.82, 2.24) is 0 Å². The second-order valence-electron chi connectivity index (χ2n) is 5.09. The van der Waals surface area contributed by atoms with Crippen molar-refractivity contribution < 1.29 is 9.18 Å². The summed E-state index contributed by atoms with van der Waals surface area (Å²) < 4.78 is 13.4. The maximum Gasteiger partial charge on any atom is 0.251 e. The molecule has 5 heteroatoms. The highest BCUT2D eigenvalue weighted by molar-refractivity contribution is 5.94. The van der Waals surface area contributed by atoms with E-state index in [0.717, 1.165) is 24.9 Å². The minimum atomic E-state index is -0.750. The zero-order valence-electron chi connectivity index (χ0n) is 10.9. The molecule has 1 fully saturated rings. The van der Waals surface area contributed by atoms with Crippen LogP contribution in [0.25, 0.3) is 0 Å². The van der Waals surface area contributed by atoms with Gasteiger partial charge in [0.2, 0.25) is 0 Å². The van der Waals surface area contributed by atoms with Crippen molar-refractivity contribution in [3.8, 4) is 0 Å². The first-order chi connectivity index (χ1) is 9.11. The molecule has 0 aromatic heterocycles. The number of benzene rings is 1. The van der Waals surface area contributed by atoms with E-state index in [1.54, 1.807) is 6.07 Å². The Morgan fingerprint density at radius 2 is 2.11 bits per heavy atom. The van der Waals surface area contributed by atoms with Crippen LogP contribution in [0.1, 0.15) is 36.0 Å². The van der Waals surface area contributed by atoms with Crippen LogP contribution in [-0.4, -0.2) is 18.5 Å². The lowest BCUT2D eigenvalue weighted by molar-refractivity contribution is 0.0996. The largest absolute Gasteiger partial charge is 0.382 e. The number of nitrogens with one attached hydrogen (secondary N) is 1. The predicted octanol–water partition coefficient (Wildman–Crippen LogP) is 1.85. The summed E-state index contributed by atoms with van der Waals surface area (Å²) in [5.41, 5.74) is 11.6. The van der Waals surface area contributed by atoms with Gasteiger partial charge in [0.15, 0.2) is 0 Å². The summed E-state index contributed by atoms with van der Waals surface area (Å²) in [6, 6.07) is 4.65. The number of hydrogen-bond donors (Lipinski definition) is 3. The fraction of sp³-hybridized carbons (Fsp3) is 0.500. The number of carbonyl (C=O) groups is 1. The van der Waals surface area contributed by atoms with Gasteiger partial charge >= 0.3 is 0 Å².